The Labute approximate surface area is 68.4 Å². The summed E-state index contributed by atoms with van der Waals surface area (Å²) in [6, 6.07) is 5.75. The highest BCUT2D eigenvalue weighted by Gasteiger charge is 2.03. The smallest absolute Gasteiger partial charge is 0.387 e. The van der Waals surface area contributed by atoms with E-state index in [2.05, 4.69) is 4.74 Å². The predicted octanol–water partition coefficient (Wildman–Crippen LogP) is 2.22. The maximum absolute atomic E-state index is 11.7. The number of ether oxygens (including phenoxy) is 1. The minimum absolute atomic E-state index is 0.0263. The summed E-state index contributed by atoms with van der Waals surface area (Å²) < 4.78 is 27.4. The molecule has 0 bridgehead atoms. The topological polar surface area (TPSA) is 29.1 Å². The van der Waals surface area contributed by atoms with Gasteiger partial charge in [0.2, 0.25) is 0 Å². The molecule has 0 N–H and O–H groups in total. The maximum atomic E-state index is 11.7. The van der Waals surface area contributed by atoms with Gasteiger partial charge in [0.05, 0.1) is 0 Å². The van der Waals surface area contributed by atoms with Crippen LogP contribution >= 0.6 is 0 Å². The van der Waals surface area contributed by atoms with Crippen LogP contribution in [0, 0.1) is 0 Å². The SMILES string of the molecule is [O]Cc1cccc(OC(F)F)c1. The lowest BCUT2D eigenvalue weighted by Crippen LogP contribution is -2.01. The summed E-state index contributed by atoms with van der Waals surface area (Å²) in [6.45, 7) is -3.27. The van der Waals surface area contributed by atoms with Gasteiger partial charge < -0.3 is 4.74 Å². The van der Waals surface area contributed by atoms with E-state index in [9.17, 15) is 13.9 Å². The number of rotatable bonds is 3. The van der Waals surface area contributed by atoms with E-state index in [1.165, 1.54) is 18.2 Å². The molecular formula is C8H7F2O2. The molecule has 1 aromatic carbocycles. The van der Waals surface area contributed by atoms with E-state index in [1.54, 1.807) is 6.07 Å². The summed E-state index contributed by atoms with van der Waals surface area (Å²) in [6.07, 6.45) is 0. The zero-order valence-electron chi connectivity index (χ0n) is 6.17. The fourth-order valence-corrected chi connectivity index (χ4v) is 0.811. The van der Waals surface area contributed by atoms with Gasteiger partial charge in [0.1, 0.15) is 12.4 Å². The molecule has 0 spiro atoms. The highest BCUT2D eigenvalue weighted by molar-refractivity contribution is 5.27. The molecule has 0 saturated carbocycles. The number of hydrogen-bond acceptors (Lipinski definition) is 1. The quantitative estimate of drug-likeness (QED) is 0.688. The Morgan fingerprint density at radius 2 is 2.17 bits per heavy atom. The van der Waals surface area contributed by atoms with Crippen molar-refractivity contribution >= 4 is 0 Å². The van der Waals surface area contributed by atoms with Crippen LogP contribution < -0.4 is 4.74 Å². The average molecular weight is 173 g/mol. The van der Waals surface area contributed by atoms with E-state index in [0.717, 1.165) is 0 Å². The van der Waals surface area contributed by atoms with Gasteiger partial charge in [0.15, 0.2) is 0 Å². The highest BCUT2D eigenvalue weighted by atomic mass is 19.3. The number of halogens is 2. The van der Waals surface area contributed by atoms with Crippen molar-refractivity contribution in [2.24, 2.45) is 0 Å². The fourth-order valence-electron chi connectivity index (χ4n) is 0.811. The van der Waals surface area contributed by atoms with E-state index < -0.39 is 13.2 Å². The van der Waals surface area contributed by atoms with E-state index in [0.29, 0.717) is 5.56 Å². The standard InChI is InChI=1S/C8H7F2O2/c9-8(10)12-7-3-1-2-6(4-7)5-11/h1-4,8H,5H2. The van der Waals surface area contributed by atoms with E-state index in [1.807, 2.05) is 0 Å². The summed E-state index contributed by atoms with van der Waals surface area (Å²) in [7, 11) is 0. The summed E-state index contributed by atoms with van der Waals surface area (Å²) in [5.74, 6) is 0.0263. The lowest BCUT2D eigenvalue weighted by atomic mass is 10.2. The zero-order chi connectivity index (χ0) is 8.97. The first-order chi connectivity index (χ1) is 5.72. The molecule has 0 aliphatic heterocycles. The Kier molecular flexibility index (Phi) is 2.99. The fraction of sp³-hybridized carbons (Fsp3) is 0.250. The van der Waals surface area contributed by atoms with Crippen molar-refractivity contribution in [2.75, 3.05) is 0 Å². The molecule has 0 aliphatic rings. The maximum Gasteiger partial charge on any atom is 0.387 e. The highest BCUT2D eigenvalue weighted by Crippen LogP contribution is 2.15. The molecular weight excluding hydrogens is 166 g/mol. The van der Waals surface area contributed by atoms with Crippen LogP contribution in [0.5, 0.6) is 5.75 Å². The third kappa shape index (κ3) is 2.47. The van der Waals surface area contributed by atoms with Crippen LogP contribution in [0.1, 0.15) is 5.56 Å². The number of hydrogen-bond donors (Lipinski definition) is 0. The zero-order valence-corrected chi connectivity index (χ0v) is 6.17. The molecule has 0 atom stereocenters. The molecule has 0 heterocycles. The third-order valence-electron chi connectivity index (χ3n) is 1.29. The molecule has 12 heavy (non-hydrogen) atoms. The van der Waals surface area contributed by atoms with Crippen LogP contribution in [-0.2, 0) is 11.7 Å². The first-order valence-corrected chi connectivity index (χ1v) is 3.34. The van der Waals surface area contributed by atoms with Gasteiger partial charge in [-0.3, -0.25) is 0 Å². The molecule has 0 aliphatic carbocycles. The van der Waals surface area contributed by atoms with Crippen molar-refractivity contribution < 1.29 is 18.6 Å². The van der Waals surface area contributed by atoms with Gasteiger partial charge in [-0.1, -0.05) is 12.1 Å². The molecule has 2 nitrogen and oxygen atoms in total. The third-order valence-corrected chi connectivity index (χ3v) is 1.29. The summed E-state index contributed by atoms with van der Waals surface area (Å²) >= 11 is 0. The Bertz CT molecular complexity index is 251. The van der Waals surface area contributed by atoms with Crippen molar-refractivity contribution in [3.8, 4) is 5.75 Å². The molecule has 0 aromatic heterocycles. The Morgan fingerprint density at radius 1 is 1.42 bits per heavy atom. The van der Waals surface area contributed by atoms with Crippen molar-refractivity contribution in [3.05, 3.63) is 29.8 Å². The molecule has 0 amide bonds. The minimum atomic E-state index is -2.84. The second-order valence-corrected chi connectivity index (χ2v) is 2.17. The lowest BCUT2D eigenvalue weighted by molar-refractivity contribution is -0.0499. The molecule has 1 radical (unpaired) electrons. The Hall–Kier alpha value is -1.16. The molecule has 65 valence electrons. The average Bonchev–Trinajstić information content (AvgIpc) is 2.03. The minimum Gasteiger partial charge on any atom is -0.435 e. The van der Waals surface area contributed by atoms with Gasteiger partial charge in [-0.05, 0) is 17.7 Å². The molecule has 4 heteroatoms. The van der Waals surface area contributed by atoms with Gasteiger partial charge in [-0.25, -0.2) is 5.11 Å². The van der Waals surface area contributed by atoms with Crippen LogP contribution in [0.25, 0.3) is 0 Å². The summed E-state index contributed by atoms with van der Waals surface area (Å²) in [4.78, 5) is 0. The van der Waals surface area contributed by atoms with Gasteiger partial charge in [0.25, 0.3) is 0 Å². The van der Waals surface area contributed by atoms with Crippen LogP contribution in [-0.4, -0.2) is 6.61 Å². The van der Waals surface area contributed by atoms with Crippen molar-refractivity contribution in [2.45, 2.75) is 13.2 Å². The van der Waals surface area contributed by atoms with Gasteiger partial charge >= 0.3 is 6.61 Å². The number of alkyl halides is 2. The number of benzene rings is 1. The van der Waals surface area contributed by atoms with Crippen LogP contribution in [0.2, 0.25) is 0 Å². The Morgan fingerprint density at radius 3 is 2.75 bits per heavy atom. The van der Waals surface area contributed by atoms with Crippen molar-refractivity contribution in [1.82, 2.24) is 0 Å². The lowest BCUT2D eigenvalue weighted by Gasteiger charge is -2.04. The van der Waals surface area contributed by atoms with Crippen molar-refractivity contribution in [1.29, 1.82) is 0 Å². The van der Waals surface area contributed by atoms with Gasteiger partial charge in [-0.2, -0.15) is 8.78 Å². The van der Waals surface area contributed by atoms with Crippen LogP contribution in [0.4, 0.5) is 8.78 Å². The first-order valence-electron chi connectivity index (χ1n) is 3.34. The summed E-state index contributed by atoms with van der Waals surface area (Å²) in [5, 5.41) is 10.3. The Balaban J connectivity index is 2.72. The normalized spacial score (nSPS) is 10.3. The van der Waals surface area contributed by atoms with Crippen LogP contribution in [0.3, 0.4) is 0 Å². The van der Waals surface area contributed by atoms with E-state index in [-0.39, 0.29) is 5.75 Å². The monoisotopic (exact) mass is 173 g/mol. The predicted molar refractivity (Wildman–Crippen MR) is 37.5 cm³/mol. The molecule has 0 saturated heterocycles. The first kappa shape index (κ1) is 8.93. The second-order valence-electron chi connectivity index (χ2n) is 2.17. The molecule has 0 fully saturated rings. The molecule has 1 aromatic rings. The van der Waals surface area contributed by atoms with E-state index in [4.69, 9.17) is 0 Å². The van der Waals surface area contributed by atoms with E-state index >= 15 is 0 Å². The van der Waals surface area contributed by atoms with Gasteiger partial charge in [0, 0.05) is 0 Å². The second kappa shape index (κ2) is 4.01. The molecule has 1 rings (SSSR count). The summed E-state index contributed by atoms with van der Waals surface area (Å²) in [5.41, 5.74) is 0.438. The molecule has 0 unspecified atom stereocenters. The van der Waals surface area contributed by atoms with Crippen molar-refractivity contribution in [3.63, 3.8) is 0 Å². The largest absolute Gasteiger partial charge is 0.435 e. The van der Waals surface area contributed by atoms with Gasteiger partial charge in [-0.15, -0.1) is 0 Å². The van der Waals surface area contributed by atoms with Crippen LogP contribution in [0.15, 0.2) is 24.3 Å².